The maximum atomic E-state index is 5.83. The Morgan fingerprint density at radius 3 is 1.87 bits per heavy atom. The lowest BCUT2D eigenvalue weighted by Gasteiger charge is -2.13. The lowest BCUT2D eigenvalue weighted by Crippen LogP contribution is -2.02. The fourth-order valence-corrected chi connectivity index (χ4v) is 2.49. The average Bonchev–Trinajstić information content (AvgIpc) is 2.56. The van der Waals surface area contributed by atoms with Crippen molar-refractivity contribution in [2.45, 2.75) is 25.7 Å². The molecule has 4 N–H and O–H groups in total. The van der Waals surface area contributed by atoms with Crippen LogP contribution in [0.15, 0.2) is 18.7 Å². The zero-order valence-electron chi connectivity index (χ0n) is 12.1. The zero-order valence-corrected chi connectivity index (χ0v) is 14.4. The lowest BCUT2D eigenvalue weighted by molar-refractivity contribution is 0.740. The van der Waals surface area contributed by atoms with Crippen LogP contribution in [-0.2, 0) is 0 Å². The highest BCUT2D eigenvalue weighted by Crippen LogP contribution is 2.30. The predicted molar refractivity (Wildman–Crippen MR) is 94.4 cm³/mol. The summed E-state index contributed by atoms with van der Waals surface area (Å²) in [4.78, 5) is 15.2. The van der Waals surface area contributed by atoms with Gasteiger partial charge in [0, 0.05) is 0 Å². The molecule has 0 aliphatic heterocycles. The van der Waals surface area contributed by atoms with E-state index in [9.17, 15) is 0 Å². The van der Waals surface area contributed by atoms with Crippen LogP contribution in [0.5, 0.6) is 0 Å². The van der Waals surface area contributed by atoms with Crippen LogP contribution in [0.25, 0.3) is 5.57 Å². The molecule has 2 aromatic heterocycles. The summed E-state index contributed by atoms with van der Waals surface area (Å²) in [7, 11) is 0. The van der Waals surface area contributed by atoms with Crippen molar-refractivity contribution < 1.29 is 0 Å². The molecule has 0 saturated heterocycles. The van der Waals surface area contributed by atoms with Gasteiger partial charge in [0.05, 0.1) is 11.4 Å². The summed E-state index contributed by atoms with van der Waals surface area (Å²) in [6, 6.07) is 0. The molecule has 0 spiro atoms. The van der Waals surface area contributed by atoms with Crippen LogP contribution >= 0.6 is 34.8 Å². The van der Waals surface area contributed by atoms with Crippen molar-refractivity contribution in [2.24, 2.45) is 0 Å². The zero-order chi connectivity index (χ0) is 16.8. The molecule has 3 rings (SSSR count). The largest absolute Gasteiger partial charge is 0.394 e. The molecule has 0 aromatic carbocycles. The van der Waals surface area contributed by atoms with Crippen molar-refractivity contribution in [1.82, 2.24) is 19.9 Å². The van der Waals surface area contributed by atoms with Crippen molar-refractivity contribution in [1.29, 1.82) is 0 Å². The van der Waals surface area contributed by atoms with Crippen molar-refractivity contribution in [3.8, 4) is 0 Å². The SMILES string of the molecule is Nc1c(Cl)ncnc1C1=CCCCC1.Nc1c(Cl)ncnc1Cl. The molecule has 6 nitrogen and oxygen atoms in total. The third kappa shape index (κ3) is 4.67. The van der Waals surface area contributed by atoms with Gasteiger partial charge >= 0.3 is 0 Å². The molecule has 0 bridgehead atoms. The molecule has 1 aliphatic carbocycles. The highest BCUT2D eigenvalue weighted by molar-refractivity contribution is 6.37. The van der Waals surface area contributed by atoms with Gasteiger partial charge in [0.25, 0.3) is 0 Å². The highest BCUT2D eigenvalue weighted by atomic mass is 35.5. The summed E-state index contributed by atoms with van der Waals surface area (Å²) < 4.78 is 0. The summed E-state index contributed by atoms with van der Waals surface area (Å²) in [6.07, 6.45) is 9.51. The molecule has 0 radical (unpaired) electrons. The molecule has 0 unspecified atom stereocenters. The van der Waals surface area contributed by atoms with Crippen LogP contribution in [0, 0.1) is 0 Å². The van der Waals surface area contributed by atoms with E-state index in [1.165, 1.54) is 31.1 Å². The van der Waals surface area contributed by atoms with Gasteiger partial charge in [-0.2, -0.15) is 0 Å². The van der Waals surface area contributed by atoms with E-state index >= 15 is 0 Å². The predicted octanol–water partition coefficient (Wildman–Crippen LogP) is 4.04. The van der Waals surface area contributed by atoms with E-state index in [-0.39, 0.29) is 16.0 Å². The maximum Gasteiger partial charge on any atom is 0.156 e. The first-order chi connectivity index (χ1) is 11.0. The molecule has 2 heterocycles. The van der Waals surface area contributed by atoms with E-state index in [2.05, 4.69) is 26.0 Å². The summed E-state index contributed by atoms with van der Waals surface area (Å²) in [5.74, 6) is 0. The molecule has 1 aliphatic rings. The molecule has 9 heteroatoms. The number of hydrogen-bond donors (Lipinski definition) is 2. The molecule has 23 heavy (non-hydrogen) atoms. The Kier molecular flexibility index (Phi) is 6.38. The van der Waals surface area contributed by atoms with Gasteiger partial charge in [-0.25, -0.2) is 19.9 Å². The monoisotopic (exact) mass is 372 g/mol. The first kappa shape index (κ1) is 17.7. The summed E-state index contributed by atoms with van der Waals surface area (Å²) in [6.45, 7) is 0. The van der Waals surface area contributed by atoms with Crippen LogP contribution in [0.3, 0.4) is 0 Å². The van der Waals surface area contributed by atoms with E-state index in [0.29, 0.717) is 10.8 Å². The van der Waals surface area contributed by atoms with Crippen molar-refractivity contribution >= 4 is 51.8 Å². The number of nitrogens with two attached hydrogens (primary N) is 2. The summed E-state index contributed by atoms with van der Waals surface area (Å²) in [5, 5.41) is 0.728. The van der Waals surface area contributed by atoms with Crippen LogP contribution in [0.1, 0.15) is 31.4 Å². The second-order valence-electron chi connectivity index (χ2n) is 4.77. The molecular weight excluding hydrogens is 359 g/mol. The topological polar surface area (TPSA) is 104 Å². The number of anilines is 2. The number of nitrogen functional groups attached to an aromatic ring is 2. The lowest BCUT2D eigenvalue weighted by atomic mass is 9.96. The fraction of sp³-hybridized carbons (Fsp3) is 0.286. The Morgan fingerprint density at radius 1 is 0.783 bits per heavy atom. The van der Waals surface area contributed by atoms with Crippen LogP contribution in [0.2, 0.25) is 15.5 Å². The van der Waals surface area contributed by atoms with Gasteiger partial charge in [-0.15, -0.1) is 0 Å². The van der Waals surface area contributed by atoms with Gasteiger partial charge in [0.1, 0.15) is 18.3 Å². The molecule has 122 valence electrons. The van der Waals surface area contributed by atoms with Crippen LogP contribution in [0.4, 0.5) is 11.4 Å². The maximum absolute atomic E-state index is 5.83. The number of rotatable bonds is 1. The molecule has 0 atom stereocenters. The third-order valence-electron chi connectivity index (χ3n) is 3.22. The average molecular weight is 374 g/mol. The second kappa shape index (κ2) is 8.29. The Morgan fingerprint density at radius 2 is 1.35 bits per heavy atom. The smallest absolute Gasteiger partial charge is 0.156 e. The summed E-state index contributed by atoms with van der Waals surface area (Å²) >= 11 is 16.7. The number of aromatic nitrogens is 4. The molecule has 0 amide bonds. The third-order valence-corrected chi connectivity index (χ3v) is 4.12. The van der Waals surface area contributed by atoms with Gasteiger partial charge in [-0.05, 0) is 31.3 Å². The minimum atomic E-state index is 0.190. The minimum Gasteiger partial charge on any atom is -0.394 e. The van der Waals surface area contributed by atoms with E-state index in [1.54, 1.807) is 0 Å². The quantitative estimate of drug-likeness (QED) is 0.731. The van der Waals surface area contributed by atoms with Crippen molar-refractivity contribution in [2.75, 3.05) is 11.5 Å². The van der Waals surface area contributed by atoms with E-state index in [0.717, 1.165) is 18.5 Å². The van der Waals surface area contributed by atoms with Crippen molar-refractivity contribution in [3.63, 3.8) is 0 Å². The Bertz CT molecular complexity index is 699. The number of hydrogen-bond acceptors (Lipinski definition) is 6. The first-order valence-electron chi connectivity index (χ1n) is 6.87. The van der Waals surface area contributed by atoms with Gasteiger partial charge in [-0.1, -0.05) is 40.9 Å². The van der Waals surface area contributed by atoms with Crippen molar-refractivity contribution in [3.05, 3.63) is 39.9 Å². The first-order valence-corrected chi connectivity index (χ1v) is 8.01. The highest BCUT2D eigenvalue weighted by Gasteiger charge is 2.12. The Hall–Kier alpha value is -1.63. The normalized spacial score (nSPS) is 13.8. The van der Waals surface area contributed by atoms with Gasteiger partial charge in [0.2, 0.25) is 0 Å². The van der Waals surface area contributed by atoms with E-state index in [1.807, 2.05) is 0 Å². The van der Waals surface area contributed by atoms with Crippen LogP contribution < -0.4 is 11.5 Å². The minimum absolute atomic E-state index is 0.190. The summed E-state index contributed by atoms with van der Waals surface area (Å²) in [5.41, 5.74) is 13.9. The second-order valence-corrected chi connectivity index (χ2v) is 5.84. The number of halogens is 3. The Labute approximate surface area is 148 Å². The van der Waals surface area contributed by atoms with E-state index in [4.69, 9.17) is 46.3 Å². The standard InChI is InChI=1S/C10H12ClN3.C4H3Cl2N3/c11-10-8(12)9(13-6-14-10)7-4-2-1-3-5-7;5-3-2(7)4(6)9-1-8-3/h4,6H,1-3,5,12H2;1H,7H2. The molecule has 0 fully saturated rings. The number of allylic oxidation sites excluding steroid dienone is 2. The van der Waals surface area contributed by atoms with Gasteiger partial charge in [0.15, 0.2) is 15.5 Å². The molecular formula is C14H15Cl3N6. The van der Waals surface area contributed by atoms with Gasteiger partial charge < -0.3 is 11.5 Å². The van der Waals surface area contributed by atoms with Gasteiger partial charge in [-0.3, -0.25) is 0 Å². The fourth-order valence-electron chi connectivity index (χ4n) is 2.04. The number of nitrogens with zero attached hydrogens (tertiary/aromatic N) is 4. The van der Waals surface area contributed by atoms with E-state index < -0.39 is 0 Å². The molecule has 0 saturated carbocycles. The molecule has 2 aromatic rings. The van der Waals surface area contributed by atoms with Crippen LogP contribution in [-0.4, -0.2) is 19.9 Å². The Balaban J connectivity index is 0.000000185.